The molecule has 1 aliphatic rings. The van der Waals surface area contributed by atoms with Gasteiger partial charge >= 0.3 is 0 Å². The Morgan fingerprint density at radius 2 is 1.88 bits per heavy atom. The van der Waals surface area contributed by atoms with Gasteiger partial charge in [-0.15, -0.1) is 24.0 Å². The fourth-order valence-corrected chi connectivity index (χ4v) is 2.95. The number of benzene rings is 1. The summed E-state index contributed by atoms with van der Waals surface area (Å²) in [6.07, 6.45) is 0. The SMILES string of the molecule is CN=C(NCc1cc(C)oc1C)N(C)Cc1ccc2c(c1)OCCO2.I. The molecule has 142 valence electrons. The van der Waals surface area contributed by atoms with Gasteiger partial charge in [0.05, 0.1) is 0 Å². The third kappa shape index (κ3) is 4.84. The predicted octanol–water partition coefficient (Wildman–Crippen LogP) is 3.49. The average Bonchev–Trinajstić information content (AvgIpc) is 2.93. The smallest absolute Gasteiger partial charge is 0.193 e. The number of aryl methyl sites for hydroxylation is 2. The van der Waals surface area contributed by atoms with Crippen LogP contribution in [-0.4, -0.2) is 38.2 Å². The quantitative estimate of drug-likeness (QED) is 0.421. The summed E-state index contributed by atoms with van der Waals surface area (Å²) in [6, 6.07) is 8.10. The number of hydrogen-bond acceptors (Lipinski definition) is 4. The Kier molecular flexibility index (Phi) is 7.19. The van der Waals surface area contributed by atoms with E-state index >= 15 is 0 Å². The molecule has 2 heterocycles. The molecule has 1 aromatic heterocycles. The van der Waals surface area contributed by atoms with Crippen molar-refractivity contribution in [3.05, 3.63) is 46.9 Å². The van der Waals surface area contributed by atoms with Crippen molar-refractivity contribution >= 4 is 29.9 Å². The van der Waals surface area contributed by atoms with Gasteiger partial charge in [0.15, 0.2) is 17.5 Å². The molecule has 0 fully saturated rings. The fourth-order valence-electron chi connectivity index (χ4n) is 2.95. The van der Waals surface area contributed by atoms with E-state index in [2.05, 4.69) is 27.3 Å². The van der Waals surface area contributed by atoms with E-state index in [-0.39, 0.29) is 24.0 Å². The summed E-state index contributed by atoms with van der Waals surface area (Å²) in [5, 5.41) is 3.38. The number of furan rings is 1. The number of nitrogens with one attached hydrogen (secondary N) is 1. The number of rotatable bonds is 4. The van der Waals surface area contributed by atoms with Crippen molar-refractivity contribution in [3.63, 3.8) is 0 Å². The van der Waals surface area contributed by atoms with Crippen molar-refractivity contribution < 1.29 is 13.9 Å². The maximum atomic E-state index is 5.65. The van der Waals surface area contributed by atoms with E-state index in [0.29, 0.717) is 19.8 Å². The molecule has 7 heteroatoms. The third-order valence-corrected chi connectivity index (χ3v) is 4.18. The Balaban J connectivity index is 0.00000243. The average molecular weight is 471 g/mol. The normalized spacial score (nSPS) is 13.2. The predicted molar refractivity (Wildman–Crippen MR) is 113 cm³/mol. The van der Waals surface area contributed by atoms with Gasteiger partial charge in [0.1, 0.15) is 24.7 Å². The molecule has 0 saturated carbocycles. The zero-order valence-corrected chi connectivity index (χ0v) is 18.0. The lowest BCUT2D eigenvalue weighted by atomic mass is 10.2. The van der Waals surface area contributed by atoms with Crippen LogP contribution in [0.25, 0.3) is 0 Å². The first kappa shape index (κ1) is 20.4. The number of aliphatic imine (C=N–C) groups is 1. The lowest BCUT2D eigenvalue weighted by Gasteiger charge is -2.23. The van der Waals surface area contributed by atoms with Gasteiger partial charge in [-0.05, 0) is 37.6 Å². The first-order valence-electron chi connectivity index (χ1n) is 8.43. The summed E-state index contributed by atoms with van der Waals surface area (Å²) >= 11 is 0. The second-order valence-electron chi connectivity index (χ2n) is 6.17. The Labute approximate surface area is 171 Å². The number of guanidine groups is 1. The van der Waals surface area contributed by atoms with Gasteiger partial charge < -0.3 is 24.1 Å². The molecule has 0 bridgehead atoms. The zero-order valence-electron chi connectivity index (χ0n) is 15.7. The minimum Gasteiger partial charge on any atom is -0.486 e. The first-order valence-corrected chi connectivity index (χ1v) is 8.43. The molecule has 0 amide bonds. The Morgan fingerprint density at radius 3 is 2.54 bits per heavy atom. The number of nitrogens with zero attached hydrogens (tertiary/aromatic N) is 2. The molecule has 2 aromatic rings. The standard InChI is InChI=1S/C19H25N3O3.HI/c1-13-9-16(14(2)25-13)11-21-19(20-3)22(4)12-15-5-6-17-18(10-15)24-8-7-23-17;/h5-6,9-10H,7-8,11-12H2,1-4H3,(H,20,21);1H. The molecule has 0 spiro atoms. The highest BCUT2D eigenvalue weighted by atomic mass is 127. The van der Waals surface area contributed by atoms with Crippen LogP contribution in [0.2, 0.25) is 0 Å². The lowest BCUT2D eigenvalue weighted by molar-refractivity contribution is 0.171. The van der Waals surface area contributed by atoms with E-state index < -0.39 is 0 Å². The number of fused-ring (bicyclic) bond motifs is 1. The first-order chi connectivity index (χ1) is 12.1. The van der Waals surface area contributed by atoms with Crippen LogP contribution >= 0.6 is 24.0 Å². The zero-order chi connectivity index (χ0) is 17.8. The number of ether oxygens (including phenoxy) is 2. The van der Waals surface area contributed by atoms with Gasteiger partial charge in [0.25, 0.3) is 0 Å². The van der Waals surface area contributed by atoms with Crippen molar-refractivity contribution in [1.82, 2.24) is 10.2 Å². The van der Waals surface area contributed by atoms with E-state index in [1.807, 2.05) is 33.0 Å². The maximum Gasteiger partial charge on any atom is 0.193 e. The summed E-state index contributed by atoms with van der Waals surface area (Å²) in [4.78, 5) is 6.45. The molecule has 0 atom stereocenters. The molecular weight excluding hydrogens is 445 g/mol. The second kappa shape index (κ2) is 9.16. The summed E-state index contributed by atoms with van der Waals surface area (Å²) in [6.45, 7) is 6.54. The molecule has 0 unspecified atom stereocenters. The largest absolute Gasteiger partial charge is 0.486 e. The molecule has 0 aliphatic carbocycles. The van der Waals surface area contributed by atoms with Crippen molar-refractivity contribution in [2.45, 2.75) is 26.9 Å². The summed E-state index contributed by atoms with van der Waals surface area (Å²) in [7, 11) is 3.80. The topological polar surface area (TPSA) is 59.2 Å². The molecule has 1 N–H and O–H groups in total. The van der Waals surface area contributed by atoms with Gasteiger partial charge in [-0.3, -0.25) is 4.99 Å². The maximum absolute atomic E-state index is 5.65. The van der Waals surface area contributed by atoms with E-state index in [0.717, 1.165) is 46.7 Å². The highest BCUT2D eigenvalue weighted by Crippen LogP contribution is 2.31. The molecule has 3 rings (SSSR count). The number of hydrogen-bond donors (Lipinski definition) is 1. The molecule has 26 heavy (non-hydrogen) atoms. The van der Waals surface area contributed by atoms with Gasteiger partial charge in [0, 0.05) is 32.7 Å². The monoisotopic (exact) mass is 471 g/mol. The Morgan fingerprint density at radius 1 is 1.15 bits per heavy atom. The van der Waals surface area contributed by atoms with Crippen molar-refractivity contribution in [2.75, 3.05) is 27.3 Å². The Bertz CT molecular complexity index is 773. The highest BCUT2D eigenvalue weighted by molar-refractivity contribution is 14.0. The van der Waals surface area contributed by atoms with Crippen molar-refractivity contribution in [3.8, 4) is 11.5 Å². The lowest BCUT2D eigenvalue weighted by Crippen LogP contribution is -2.38. The van der Waals surface area contributed by atoms with Gasteiger partial charge in [-0.25, -0.2) is 0 Å². The van der Waals surface area contributed by atoms with Crippen LogP contribution in [-0.2, 0) is 13.1 Å². The van der Waals surface area contributed by atoms with Crippen LogP contribution in [0.3, 0.4) is 0 Å². The Hall–Kier alpha value is -1.90. The molecule has 1 aliphatic heterocycles. The molecule has 0 radical (unpaired) electrons. The molecular formula is C19H26IN3O3. The van der Waals surface area contributed by atoms with Crippen molar-refractivity contribution in [2.24, 2.45) is 4.99 Å². The fraction of sp³-hybridized carbons (Fsp3) is 0.421. The second-order valence-corrected chi connectivity index (χ2v) is 6.17. The van der Waals surface area contributed by atoms with E-state index in [4.69, 9.17) is 13.9 Å². The van der Waals surface area contributed by atoms with Crippen LogP contribution in [0.4, 0.5) is 0 Å². The number of halogens is 1. The molecule has 0 saturated heterocycles. The van der Waals surface area contributed by atoms with E-state index in [1.54, 1.807) is 7.05 Å². The molecule has 6 nitrogen and oxygen atoms in total. The van der Waals surface area contributed by atoms with Crippen LogP contribution in [0, 0.1) is 13.8 Å². The van der Waals surface area contributed by atoms with Crippen LogP contribution in [0.1, 0.15) is 22.6 Å². The minimum absolute atomic E-state index is 0. The minimum atomic E-state index is 0. The van der Waals surface area contributed by atoms with Crippen LogP contribution in [0.5, 0.6) is 11.5 Å². The molecule has 1 aromatic carbocycles. The van der Waals surface area contributed by atoms with Gasteiger partial charge in [-0.2, -0.15) is 0 Å². The van der Waals surface area contributed by atoms with Crippen LogP contribution < -0.4 is 14.8 Å². The van der Waals surface area contributed by atoms with E-state index in [9.17, 15) is 0 Å². The van der Waals surface area contributed by atoms with E-state index in [1.165, 1.54) is 0 Å². The van der Waals surface area contributed by atoms with Gasteiger partial charge in [-0.1, -0.05) is 6.07 Å². The van der Waals surface area contributed by atoms with Crippen LogP contribution in [0.15, 0.2) is 33.7 Å². The van der Waals surface area contributed by atoms with Gasteiger partial charge in [0.2, 0.25) is 0 Å². The summed E-state index contributed by atoms with van der Waals surface area (Å²) in [5.41, 5.74) is 2.29. The van der Waals surface area contributed by atoms with Crippen molar-refractivity contribution in [1.29, 1.82) is 0 Å². The summed E-state index contributed by atoms with van der Waals surface area (Å²) in [5.74, 6) is 4.31. The summed E-state index contributed by atoms with van der Waals surface area (Å²) < 4.78 is 16.8. The highest BCUT2D eigenvalue weighted by Gasteiger charge is 2.14. The third-order valence-electron chi connectivity index (χ3n) is 4.18.